The third-order valence-corrected chi connectivity index (χ3v) is 10.2. The fourth-order valence-corrected chi connectivity index (χ4v) is 7.30. The quantitative estimate of drug-likeness (QED) is 0.177. The third kappa shape index (κ3) is 5.63. The van der Waals surface area contributed by atoms with E-state index in [0.717, 1.165) is 22.7 Å². The molecule has 0 fully saturated rings. The van der Waals surface area contributed by atoms with E-state index < -0.39 is 0 Å². The summed E-state index contributed by atoms with van der Waals surface area (Å²) < 4.78 is 8.98. The lowest BCUT2D eigenvalue weighted by molar-refractivity contribution is -0.659. The van der Waals surface area contributed by atoms with Gasteiger partial charge in [0, 0.05) is 35.9 Å². The van der Waals surface area contributed by atoms with E-state index in [9.17, 15) is 0 Å². The van der Waals surface area contributed by atoms with Gasteiger partial charge in [-0.3, -0.25) is 8.80 Å². The highest BCUT2D eigenvalue weighted by Crippen LogP contribution is 2.33. The van der Waals surface area contributed by atoms with Crippen molar-refractivity contribution in [3.63, 3.8) is 0 Å². The maximum atomic E-state index is 4.55. The van der Waals surface area contributed by atoms with E-state index in [1.54, 1.807) is 0 Å². The van der Waals surface area contributed by atoms with Crippen molar-refractivity contribution in [2.24, 2.45) is 14.1 Å². The van der Waals surface area contributed by atoms with Gasteiger partial charge in [-0.15, -0.1) is 0 Å². The van der Waals surface area contributed by atoms with Gasteiger partial charge in [-0.25, -0.2) is 9.97 Å². The first-order valence-corrected chi connectivity index (χ1v) is 17.7. The topological polar surface area (TPSA) is 42.4 Å². The molecule has 0 bridgehead atoms. The van der Waals surface area contributed by atoms with Crippen LogP contribution in [0.4, 0.5) is 0 Å². The molecule has 50 heavy (non-hydrogen) atoms. The zero-order chi connectivity index (χ0) is 35.4. The SMILES string of the molecule is Cc1ccc2ncc(C)n2c1-c1c2cc(C(C)C)ccc2cc[n+]1C.Cc1ccc2ncc(C)n2c1-c1c2ccc(C(C)C)cc2cc[n+]1C. The van der Waals surface area contributed by atoms with Crippen LogP contribution in [-0.4, -0.2) is 18.8 Å². The Morgan fingerprint density at radius 3 is 1.54 bits per heavy atom. The van der Waals surface area contributed by atoms with Crippen LogP contribution in [0.1, 0.15) is 73.2 Å². The molecular formula is C44H48N6+2. The highest BCUT2D eigenvalue weighted by Gasteiger charge is 2.23. The summed E-state index contributed by atoms with van der Waals surface area (Å²) in [5.74, 6) is 1.04. The number of benzene rings is 2. The number of hydrogen-bond acceptors (Lipinski definition) is 2. The number of hydrogen-bond donors (Lipinski definition) is 0. The van der Waals surface area contributed by atoms with Gasteiger partial charge in [0.25, 0.3) is 0 Å². The molecule has 0 spiro atoms. The van der Waals surface area contributed by atoms with Crippen LogP contribution in [0, 0.1) is 27.7 Å². The summed E-state index contributed by atoms with van der Waals surface area (Å²) in [6, 6.07) is 26.6. The van der Waals surface area contributed by atoms with E-state index in [2.05, 4.69) is 183 Å². The van der Waals surface area contributed by atoms with Crippen molar-refractivity contribution in [2.45, 2.75) is 67.2 Å². The number of rotatable bonds is 4. The second kappa shape index (κ2) is 12.8. The second-order valence-electron chi connectivity index (χ2n) is 14.5. The number of pyridine rings is 4. The minimum absolute atomic E-state index is 0.509. The van der Waals surface area contributed by atoms with E-state index in [1.807, 2.05) is 12.4 Å². The summed E-state index contributed by atoms with van der Waals surface area (Å²) in [5, 5.41) is 5.12. The van der Waals surface area contributed by atoms with E-state index in [-0.39, 0.29) is 0 Å². The molecule has 0 amide bonds. The predicted octanol–water partition coefficient (Wildman–Crippen LogP) is 9.44. The minimum Gasteiger partial charge on any atom is -0.291 e. The molecule has 2 aromatic carbocycles. The third-order valence-electron chi connectivity index (χ3n) is 10.2. The van der Waals surface area contributed by atoms with E-state index in [1.165, 1.54) is 66.6 Å². The van der Waals surface area contributed by atoms with Gasteiger partial charge >= 0.3 is 0 Å². The molecule has 0 saturated carbocycles. The van der Waals surface area contributed by atoms with Gasteiger partial charge in [-0.05, 0) is 96.8 Å². The van der Waals surface area contributed by atoms with Crippen LogP contribution in [-0.2, 0) is 14.1 Å². The molecule has 0 aliphatic carbocycles. The minimum atomic E-state index is 0.509. The van der Waals surface area contributed by atoms with Crippen molar-refractivity contribution in [2.75, 3.05) is 0 Å². The summed E-state index contributed by atoms with van der Waals surface area (Å²) in [6.07, 6.45) is 8.20. The first kappa shape index (κ1) is 33.2. The van der Waals surface area contributed by atoms with Crippen LogP contribution >= 0.6 is 0 Å². The molecule has 0 unspecified atom stereocenters. The zero-order valence-electron chi connectivity index (χ0n) is 31.1. The molecule has 0 aliphatic rings. The average molecular weight is 661 g/mol. The molecule has 0 aliphatic heterocycles. The van der Waals surface area contributed by atoms with Crippen molar-refractivity contribution in [3.8, 4) is 22.8 Å². The van der Waals surface area contributed by atoms with Crippen LogP contribution in [0.2, 0.25) is 0 Å². The van der Waals surface area contributed by atoms with Crippen LogP contribution in [0.5, 0.6) is 0 Å². The molecule has 6 nitrogen and oxygen atoms in total. The van der Waals surface area contributed by atoms with E-state index >= 15 is 0 Å². The van der Waals surface area contributed by atoms with Gasteiger partial charge in [-0.1, -0.05) is 64.1 Å². The fraction of sp³-hybridized carbons (Fsp3) is 0.273. The van der Waals surface area contributed by atoms with Crippen LogP contribution in [0.15, 0.2) is 97.6 Å². The van der Waals surface area contributed by atoms with Crippen LogP contribution in [0.25, 0.3) is 55.6 Å². The van der Waals surface area contributed by atoms with E-state index in [4.69, 9.17) is 0 Å². The Morgan fingerprint density at radius 2 is 1.00 bits per heavy atom. The molecule has 0 atom stereocenters. The Hall–Kier alpha value is -5.36. The first-order chi connectivity index (χ1) is 23.9. The summed E-state index contributed by atoms with van der Waals surface area (Å²) in [7, 11) is 4.25. The Balaban J connectivity index is 0.000000157. The standard InChI is InChI=1S/2C22H24N3/c1-14(2)17-7-8-19-18(12-17)10-11-24(5)22(19)21-15(3)6-9-20-23-13-16(4)25(20)21;1-14(2)18-8-7-17-10-11-24(5)22(19(17)12-18)21-15(3)6-9-20-23-13-16(4)25(20)21/h2*6-14H,1-5H3/q2*+1. The molecule has 6 heteroatoms. The number of imidazole rings is 2. The fourth-order valence-electron chi connectivity index (χ4n) is 7.30. The molecular weight excluding hydrogens is 613 g/mol. The molecule has 0 saturated heterocycles. The van der Waals surface area contributed by atoms with Gasteiger partial charge in [-0.2, -0.15) is 9.13 Å². The highest BCUT2D eigenvalue weighted by molar-refractivity contribution is 5.94. The predicted molar refractivity (Wildman–Crippen MR) is 206 cm³/mol. The van der Waals surface area contributed by atoms with Crippen molar-refractivity contribution < 1.29 is 9.13 Å². The van der Waals surface area contributed by atoms with Gasteiger partial charge in [0.15, 0.2) is 12.4 Å². The van der Waals surface area contributed by atoms with Gasteiger partial charge in [0.1, 0.15) is 36.8 Å². The van der Waals surface area contributed by atoms with Gasteiger partial charge in [0.05, 0.1) is 10.8 Å². The molecule has 252 valence electrons. The lowest BCUT2D eigenvalue weighted by Crippen LogP contribution is -2.31. The first-order valence-electron chi connectivity index (χ1n) is 17.7. The lowest BCUT2D eigenvalue weighted by atomic mass is 9.97. The van der Waals surface area contributed by atoms with Crippen molar-refractivity contribution >= 4 is 32.8 Å². The van der Waals surface area contributed by atoms with Crippen molar-refractivity contribution in [1.82, 2.24) is 18.8 Å². The molecule has 0 radical (unpaired) electrons. The van der Waals surface area contributed by atoms with Crippen molar-refractivity contribution in [3.05, 3.63) is 131 Å². The largest absolute Gasteiger partial charge is 0.291 e. The molecule has 8 rings (SSSR count). The summed E-state index contributed by atoms with van der Waals surface area (Å²) in [4.78, 5) is 9.10. The normalized spacial score (nSPS) is 11.8. The maximum absolute atomic E-state index is 4.55. The average Bonchev–Trinajstić information content (AvgIpc) is 3.67. The number of aromatic nitrogens is 6. The van der Waals surface area contributed by atoms with Crippen molar-refractivity contribution in [1.29, 1.82) is 0 Å². The summed E-state index contributed by atoms with van der Waals surface area (Å²) in [5.41, 5.74) is 14.5. The van der Waals surface area contributed by atoms with Crippen LogP contribution < -0.4 is 9.13 Å². The molecule has 6 heterocycles. The zero-order valence-corrected chi connectivity index (χ0v) is 31.1. The summed E-state index contributed by atoms with van der Waals surface area (Å²) >= 11 is 0. The number of aryl methyl sites for hydroxylation is 6. The monoisotopic (exact) mass is 660 g/mol. The molecule has 8 aromatic rings. The van der Waals surface area contributed by atoms with Gasteiger partial charge in [0.2, 0.25) is 11.4 Å². The number of fused-ring (bicyclic) bond motifs is 4. The number of nitrogens with zero attached hydrogens (tertiary/aromatic N) is 6. The Bertz CT molecular complexity index is 2570. The Kier molecular flexibility index (Phi) is 8.51. The Morgan fingerprint density at radius 1 is 0.520 bits per heavy atom. The van der Waals surface area contributed by atoms with Crippen LogP contribution in [0.3, 0.4) is 0 Å². The van der Waals surface area contributed by atoms with E-state index in [0.29, 0.717) is 11.8 Å². The molecule has 6 aromatic heterocycles. The smallest absolute Gasteiger partial charge is 0.237 e. The summed E-state index contributed by atoms with van der Waals surface area (Å²) in [6.45, 7) is 17.6. The lowest BCUT2D eigenvalue weighted by Gasteiger charge is -2.13. The highest BCUT2D eigenvalue weighted by atomic mass is 15.1. The molecule has 0 N–H and O–H groups in total. The maximum Gasteiger partial charge on any atom is 0.237 e. The second-order valence-corrected chi connectivity index (χ2v) is 14.5. The van der Waals surface area contributed by atoms with Gasteiger partial charge < -0.3 is 0 Å². The Labute approximate surface area is 295 Å².